The fourth-order valence-electron chi connectivity index (χ4n) is 0.673. The number of hydrogen-bond donors (Lipinski definition) is 0. The molecule has 4 heteroatoms. The van der Waals surface area contributed by atoms with Crippen molar-refractivity contribution in [2.24, 2.45) is 0 Å². The van der Waals surface area contributed by atoms with Crippen LogP contribution in [0.4, 0.5) is 0 Å². The molecule has 0 amide bonds. The third kappa shape index (κ3) is 2.58. The van der Waals surface area contributed by atoms with Crippen molar-refractivity contribution in [3.05, 3.63) is 20.8 Å². The van der Waals surface area contributed by atoms with Crippen molar-refractivity contribution in [2.75, 3.05) is 5.88 Å². The van der Waals surface area contributed by atoms with Crippen molar-refractivity contribution >= 4 is 44.7 Å². The number of halogens is 2. The lowest BCUT2D eigenvalue weighted by Gasteiger charge is -1.90. The van der Waals surface area contributed by atoms with Gasteiger partial charge in [-0.3, -0.25) is 4.79 Å². The zero-order valence-corrected chi connectivity index (χ0v) is 8.80. The van der Waals surface area contributed by atoms with E-state index in [-0.39, 0.29) is 5.78 Å². The van der Waals surface area contributed by atoms with Crippen LogP contribution in [0.2, 0.25) is 0 Å². The average molecular weight is 254 g/mol. The van der Waals surface area contributed by atoms with Crippen molar-refractivity contribution in [2.45, 2.75) is 6.42 Å². The maximum Gasteiger partial charge on any atom is 0.174 e. The maximum absolute atomic E-state index is 11.2. The number of alkyl halides is 1. The molecule has 0 fully saturated rings. The Bertz CT molecular complexity index is 259. The summed E-state index contributed by atoms with van der Waals surface area (Å²) >= 11 is 10.2. The normalized spacial score (nSPS) is 10.0. The van der Waals surface area contributed by atoms with Gasteiger partial charge >= 0.3 is 0 Å². The largest absolute Gasteiger partial charge is 0.293 e. The molecule has 60 valence electrons. The second-order valence-electron chi connectivity index (χ2n) is 1.97. The van der Waals surface area contributed by atoms with E-state index in [4.69, 9.17) is 11.6 Å². The van der Waals surface area contributed by atoms with E-state index in [0.717, 1.165) is 8.66 Å². The van der Waals surface area contributed by atoms with Gasteiger partial charge < -0.3 is 0 Å². The second kappa shape index (κ2) is 4.24. The van der Waals surface area contributed by atoms with Gasteiger partial charge in [-0.15, -0.1) is 22.9 Å². The minimum atomic E-state index is 0.121. The van der Waals surface area contributed by atoms with Crippen molar-refractivity contribution in [3.63, 3.8) is 0 Å². The predicted molar refractivity (Wildman–Crippen MR) is 51.7 cm³/mol. The number of thiophene rings is 1. The van der Waals surface area contributed by atoms with Crippen LogP contribution in [-0.4, -0.2) is 11.7 Å². The number of rotatable bonds is 3. The molecule has 0 bridgehead atoms. The van der Waals surface area contributed by atoms with E-state index in [0.29, 0.717) is 12.3 Å². The Labute approximate surface area is 82.5 Å². The number of ketones is 1. The lowest BCUT2D eigenvalue weighted by Crippen LogP contribution is -1.95. The van der Waals surface area contributed by atoms with Crippen LogP contribution in [-0.2, 0) is 0 Å². The molecular formula is C7H6BrClOS. The molecule has 0 spiro atoms. The lowest BCUT2D eigenvalue weighted by molar-refractivity contribution is 0.0993. The number of carbonyl (C=O) groups excluding carboxylic acids is 1. The minimum absolute atomic E-state index is 0.121. The van der Waals surface area contributed by atoms with Gasteiger partial charge in [0.25, 0.3) is 0 Å². The van der Waals surface area contributed by atoms with Gasteiger partial charge in [0.05, 0.1) is 8.66 Å². The van der Waals surface area contributed by atoms with Crippen LogP contribution in [0.1, 0.15) is 16.1 Å². The highest BCUT2D eigenvalue weighted by atomic mass is 79.9. The molecule has 0 unspecified atom stereocenters. The Morgan fingerprint density at radius 1 is 1.64 bits per heavy atom. The van der Waals surface area contributed by atoms with Gasteiger partial charge in [0.2, 0.25) is 0 Å². The zero-order chi connectivity index (χ0) is 8.27. The molecule has 0 aromatic carbocycles. The van der Waals surface area contributed by atoms with Gasteiger partial charge in [-0.05, 0) is 28.1 Å². The highest BCUT2D eigenvalue weighted by molar-refractivity contribution is 9.11. The first kappa shape index (κ1) is 9.23. The molecule has 1 heterocycles. The van der Waals surface area contributed by atoms with Crippen molar-refractivity contribution in [1.82, 2.24) is 0 Å². The fourth-order valence-corrected chi connectivity index (χ4v) is 2.20. The van der Waals surface area contributed by atoms with Crippen molar-refractivity contribution in [3.8, 4) is 0 Å². The third-order valence-corrected chi connectivity index (χ3v) is 3.02. The van der Waals surface area contributed by atoms with Crippen LogP contribution >= 0.6 is 38.9 Å². The van der Waals surface area contributed by atoms with Crippen LogP contribution in [0.3, 0.4) is 0 Å². The van der Waals surface area contributed by atoms with Crippen LogP contribution in [0.15, 0.2) is 15.9 Å². The van der Waals surface area contributed by atoms with Gasteiger partial charge in [-0.1, -0.05) is 0 Å². The number of carbonyl (C=O) groups is 1. The fraction of sp³-hybridized carbons (Fsp3) is 0.286. The Morgan fingerprint density at radius 3 is 2.82 bits per heavy atom. The number of Topliss-reactive ketones (excluding diaryl/α,β-unsaturated/α-hetero) is 1. The molecular weight excluding hydrogens is 248 g/mol. The SMILES string of the molecule is O=C(CCCl)c1ccc(Br)s1. The van der Waals surface area contributed by atoms with E-state index in [9.17, 15) is 4.79 Å². The maximum atomic E-state index is 11.2. The van der Waals surface area contributed by atoms with Gasteiger partial charge in [0.15, 0.2) is 5.78 Å². The van der Waals surface area contributed by atoms with Crippen LogP contribution in [0, 0.1) is 0 Å². The van der Waals surface area contributed by atoms with Crippen LogP contribution in [0.25, 0.3) is 0 Å². The van der Waals surface area contributed by atoms with E-state index in [1.807, 2.05) is 12.1 Å². The van der Waals surface area contributed by atoms with E-state index in [2.05, 4.69) is 15.9 Å². The Morgan fingerprint density at radius 2 is 2.36 bits per heavy atom. The molecule has 1 aromatic rings. The van der Waals surface area contributed by atoms with Gasteiger partial charge in [-0.25, -0.2) is 0 Å². The van der Waals surface area contributed by atoms with E-state index >= 15 is 0 Å². The van der Waals surface area contributed by atoms with E-state index < -0.39 is 0 Å². The molecule has 0 aliphatic rings. The van der Waals surface area contributed by atoms with Gasteiger partial charge in [0.1, 0.15) is 0 Å². The summed E-state index contributed by atoms with van der Waals surface area (Å²) in [5.74, 6) is 0.518. The molecule has 1 aromatic heterocycles. The Balaban J connectivity index is 2.69. The van der Waals surface area contributed by atoms with Crippen molar-refractivity contribution in [1.29, 1.82) is 0 Å². The van der Waals surface area contributed by atoms with E-state index in [1.165, 1.54) is 11.3 Å². The quantitative estimate of drug-likeness (QED) is 0.596. The number of hydrogen-bond acceptors (Lipinski definition) is 2. The third-order valence-electron chi connectivity index (χ3n) is 1.17. The highest BCUT2D eigenvalue weighted by Gasteiger charge is 2.06. The molecule has 0 aliphatic carbocycles. The Hall–Kier alpha value is 0.140. The monoisotopic (exact) mass is 252 g/mol. The molecule has 0 saturated carbocycles. The first-order valence-electron chi connectivity index (χ1n) is 3.08. The summed E-state index contributed by atoms with van der Waals surface area (Å²) in [6, 6.07) is 3.68. The summed E-state index contributed by atoms with van der Waals surface area (Å²) in [4.78, 5) is 11.9. The molecule has 1 nitrogen and oxygen atoms in total. The standard InChI is InChI=1S/C7H6BrClOS/c8-7-2-1-6(11-7)5(10)3-4-9/h1-2H,3-4H2. The molecule has 0 saturated heterocycles. The van der Waals surface area contributed by atoms with Crippen molar-refractivity contribution < 1.29 is 4.79 Å². The van der Waals surface area contributed by atoms with Gasteiger partial charge in [-0.2, -0.15) is 0 Å². The molecule has 11 heavy (non-hydrogen) atoms. The lowest BCUT2D eigenvalue weighted by atomic mass is 10.3. The molecule has 0 N–H and O–H groups in total. The summed E-state index contributed by atoms with van der Waals surface area (Å²) in [7, 11) is 0. The Kier molecular flexibility index (Phi) is 3.55. The molecule has 0 atom stereocenters. The van der Waals surface area contributed by atoms with Gasteiger partial charge in [0, 0.05) is 12.3 Å². The van der Waals surface area contributed by atoms with Crippen LogP contribution < -0.4 is 0 Å². The summed E-state index contributed by atoms with van der Waals surface area (Å²) in [5.41, 5.74) is 0. The highest BCUT2D eigenvalue weighted by Crippen LogP contribution is 2.23. The average Bonchev–Trinajstić information content (AvgIpc) is 2.36. The second-order valence-corrected chi connectivity index (χ2v) is 4.81. The topological polar surface area (TPSA) is 17.1 Å². The predicted octanol–water partition coefficient (Wildman–Crippen LogP) is 3.32. The smallest absolute Gasteiger partial charge is 0.174 e. The van der Waals surface area contributed by atoms with Crippen LogP contribution in [0.5, 0.6) is 0 Å². The summed E-state index contributed by atoms with van der Waals surface area (Å²) in [6.07, 6.45) is 0.425. The summed E-state index contributed by atoms with van der Waals surface area (Å²) < 4.78 is 0.982. The zero-order valence-electron chi connectivity index (χ0n) is 5.64. The summed E-state index contributed by atoms with van der Waals surface area (Å²) in [5, 5.41) is 0. The summed E-state index contributed by atoms with van der Waals surface area (Å²) in [6.45, 7) is 0. The first-order valence-corrected chi connectivity index (χ1v) is 5.23. The minimum Gasteiger partial charge on any atom is -0.293 e. The molecule has 0 aliphatic heterocycles. The molecule has 1 rings (SSSR count). The molecule has 0 radical (unpaired) electrons. The van der Waals surface area contributed by atoms with E-state index in [1.54, 1.807) is 0 Å². The first-order chi connectivity index (χ1) is 5.24.